The summed E-state index contributed by atoms with van der Waals surface area (Å²) in [4.78, 5) is 38.4. The van der Waals surface area contributed by atoms with E-state index < -0.39 is 17.8 Å². The molecule has 1 saturated heterocycles. The van der Waals surface area contributed by atoms with Gasteiger partial charge in [0.15, 0.2) is 5.75 Å². The number of phenols is 1. The Morgan fingerprint density at radius 2 is 1.62 bits per heavy atom. The Balaban J connectivity index is 1.60. The number of hydrogen-bond acceptors (Lipinski definition) is 5. The minimum Gasteiger partial charge on any atom is -0.508 e. The number of hydrogen-bond donors (Lipinski definition) is 2. The van der Waals surface area contributed by atoms with Gasteiger partial charge >= 0.3 is 6.03 Å². The van der Waals surface area contributed by atoms with E-state index in [1.165, 1.54) is 42.5 Å². The average molecular weight is 518 g/mol. The van der Waals surface area contributed by atoms with Gasteiger partial charge in [-0.1, -0.05) is 46.9 Å². The van der Waals surface area contributed by atoms with Crippen LogP contribution < -0.4 is 15.0 Å². The summed E-state index contributed by atoms with van der Waals surface area (Å²) in [7, 11) is 0. The first-order valence-corrected chi connectivity index (χ1v) is 10.9. The van der Waals surface area contributed by atoms with E-state index in [9.17, 15) is 19.5 Å². The van der Waals surface area contributed by atoms with E-state index in [4.69, 9.17) is 39.5 Å². The van der Waals surface area contributed by atoms with E-state index in [0.717, 1.165) is 10.5 Å². The third-order valence-electron chi connectivity index (χ3n) is 4.81. The second-order valence-electron chi connectivity index (χ2n) is 7.21. The number of anilines is 1. The van der Waals surface area contributed by atoms with Crippen LogP contribution in [0.1, 0.15) is 11.1 Å². The highest BCUT2D eigenvalue weighted by molar-refractivity contribution is 6.40. The molecular formula is C24H15Cl3N2O5. The summed E-state index contributed by atoms with van der Waals surface area (Å²) in [6, 6.07) is 14.6. The lowest BCUT2D eigenvalue weighted by molar-refractivity contribution is -0.122. The lowest BCUT2D eigenvalue weighted by atomic mass is 10.1. The summed E-state index contributed by atoms with van der Waals surface area (Å²) in [6.45, 7) is 0.172. The van der Waals surface area contributed by atoms with Crippen molar-refractivity contribution in [2.24, 2.45) is 0 Å². The number of amides is 4. The molecule has 0 unspecified atom stereocenters. The maximum atomic E-state index is 13.0. The average Bonchev–Trinajstić information content (AvgIpc) is 2.77. The van der Waals surface area contributed by atoms with Crippen LogP contribution in [-0.2, 0) is 16.2 Å². The molecule has 1 fully saturated rings. The van der Waals surface area contributed by atoms with Crippen molar-refractivity contribution >= 4 is 64.4 Å². The molecular weight excluding hydrogens is 503 g/mol. The molecule has 3 aromatic rings. The maximum Gasteiger partial charge on any atom is 0.335 e. The number of benzene rings is 3. The molecule has 0 aliphatic carbocycles. The van der Waals surface area contributed by atoms with E-state index in [1.807, 2.05) is 6.07 Å². The molecule has 4 rings (SSSR count). The van der Waals surface area contributed by atoms with Crippen molar-refractivity contribution in [3.8, 4) is 11.5 Å². The fourth-order valence-corrected chi connectivity index (χ4v) is 4.07. The first-order chi connectivity index (χ1) is 16.2. The van der Waals surface area contributed by atoms with E-state index in [2.05, 4.69) is 5.32 Å². The van der Waals surface area contributed by atoms with E-state index in [-0.39, 0.29) is 39.4 Å². The number of barbiturate groups is 1. The summed E-state index contributed by atoms with van der Waals surface area (Å²) < 4.78 is 5.73. The number of urea groups is 1. The molecule has 2 N–H and O–H groups in total. The number of halogens is 3. The maximum absolute atomic E-state index is 13.0. The third-order valence-corrected chi connectivity index (χ3v) is 5.61. The highest BCUT2D eigenvalue weighted by atomic mass is 35.5. The molecule has 0 spiro atoms. The molecule has 0 atom stereocenters. The quantitative estimate of drug-likeness (QED) is 0.339. The smallest absolute Gasteiger partial charge is 0.335 e. The Kier molecular flexibility index (Phi) is 6.79. The van der Waals surface area contributed by atoms with Crippen molar-refractivity contribution in [3.05, 3.63) is 92.4 Å². The van der Waals surface area contributed by atoms with Crippen LogP contribution in [-0.4, -0.2) is 23.0 Å². The Hall–Kier alpha value is -3.52. The summed E-state index contributed by atoms with van der Waals surface area (Å²) >= 11 is 18.7. The number of carbonyl (C=O) groups is 3. The number of imide groups is 2. The summed E-state index contributed by atoms with van der Waals surface area (Å²) in [6.07, 6.45) is 1.27. The van der Waals surface area contributed by atoms with Crippen molar-refractivity contribution in [3.63, 3.8) is 0 Å². The second kappa shape index (κ2) is 9.77. The standard InChI is InChI=1S/C24H15Cl3N2O5/c25-15-3-1-2-13(8-15)12-34-21-19(26)10-14(11-20(21)27)9-18-22(31)28-24(33)29(23(18)32)16-4-6-17(30)7-5-16/h1-11,30H,12H2,(H,28,31,33)/b18-9+. The lowest BCUT2D eigenvalue weighted by Crippen LogP contribution is -2.54. The molecule has 7 nitrogen and oxygen atoms in total. The summed E-state index contributed by atoms with van der Waals surface area (Å²) in [5.74, 6) is -1.51. The molecule has 10 heteroatoms. The van der Waals surface area contributed by atoms with Gasteiger partial charge in [-0.3, -0.25) is 14.9 Å². The minimum atomic E-state index is -0.904. The predicted octanol–water partition coefficient (Wildman–Crippen LogP) is 5.60. The molecule has 1 aliphatic rings. The van der Waals surface area contributed by atoms with Gasteiger partial charge in [-0.25, -0.2) is 9.69 Å². The molecule has 34 heavy (non-hydrogen) atoms. The van der Waals surface area contributed by atoms with Crippen molar-refractivity contribution < 1.29 is 24.2 Å². The Morgan fingerprint density at radius 1 is 0.941 bits per heavy atom. The monoisotopic (exact) mass is 516 g/mol. The van der Waals surface area contributed by atoms with Gasteiger partial charge in [0.1, 0.15) is 17.9 Å². The van der Waals surface area contributed by atoms with Gasteiger partial charge in [0.05, 0.1) is 15.7 Å². The number of ether oxygens (including phenoxy) is 1. The van der Waals surface area contributed by atoms with E-state index >= 15 is 0 Å². The molecule has 0 bridgehead atoms. The molecule has 1 aliphatic heterocycles. The van der Waals surface area contributed by atoms with Crippen LogP contribution >= 0.6 is 34.8 Å². The second-order valence-corrected chi connectivity index (χ2v) is 8.46. The zero-order valence-electron chi connectivity index (χ0n) is 17.2. The van der Waals surface area contributed by atoms with Crippen molar-refractivity contribution in [1.82, 2.24) is 5.32 Å². The first-order valence-electron chi connectivity index (χ1n) is 9.79. The number of nitrogens with one attached hydrogen (secondary N) is 1. The first kappa shape index (κ1) is 23.6. The van der Waals surface area contributed by atoms with Crippen LogP contribution in [0.2, 0.25) is 15.1 Å². The van der Waals surface area contributed by atoms with Crippen molar-refractivity contribution in [2.45, 2.75) is 6.61 Å². The number of rotatable bonds is 5. The van der Waals surface area contributed by atoms with Gasteiger partial charge in [-0.15, -0.1) is 0 Å². The minimum absolute atomic E-state index is 0.0394. The highest BCUT2D eigenvalue weighted by Crippen LogP contribution is 2.36. The highest BCUT2D eigenvalue weighted by Gasteiger charge is 2.36. The van der Waals surface area contributed by atoms with Gasteiger partial charge in [0.2, 0.25) is 0 Å². The molecule has 0 radical (unpaired) electrons. The fraction of sp³-hybridized carbons (Fsp3) is 0.0417. The van der Waals surface area contributed by atoms with Crippen LogP contribution in [0.3, 0.4) is 0 Å². The SMILES string of the molecule is O=C1NC(=O)N(c2ccc(O)cc2)C(=O)/C1=C/c1cc(Cl)c(OCc2cccc(Cl)c2)c(Cl)c1. The van der Waals surface area contributed by atoms with Gasteiger partial charge < -0.3 is 9.84 Å². The largest absolute Gasteiger partial charge is 0.508 e. The summed E-state index contributed by atoms with van der Waals surface area (Å²) in [5.41, 5.74) is 1.05. The summed E-state index contributed by atoms with van der Waals surface area (Å²) in [5, 5.41) is 12.5. The Morgan fingerprint density at radius 3 is 2.26 bits per heavy atom. The fourth-order valence-electron chi connectivity index (χ4n) is 3.24. The molecule has 0 aromatic heterocycles. The van der Waals surface area contributed by atoms with Crippen LogP contribution in [0.5, 0.6) is 11.5 Å². The van der Waals surface area contributed by atoms with Gasteiger partial charge in [0, 0.05) is 5.02 Å². The molecule has 0 saturated carbocycles. The van der Waals surface area contributed by atoms with Gasteiger partial charge in [-0.2, -0.15) is 0 Å². The number of carbonyl (C=O) groups excluding carboxylic acids is 3. The van der Waals surface area contributed by atoms with Gasteiger partial charge in [-0.05, 0) is 65.7 Å². The van der Waals surface area contributed by atoms with E-state index in [1.54, 1.807) is 18.2 Å². The molecule has 3 aromatic carbocycles. The van der Waals surface area contributed by atoms with Crippen LogP contribution in [0.4, 0.5) is 10.5 Å². The van der Waals surface area contributed by atoms with Gasteiger partial charge in [0.25, 0.3) is 11.8 Å². The van der Waals surface area contributed by atoms with Crippen LogP contribution in [0, 0.1) is 0 Å². The predicted molar refractivity (Wildman–Crippen MR) is 129 cm³/mol. The molecule has 1 heterocycles. The number of phenolic OH excluding ortho intramolecular Hbond substituents is 1. The van der Waals surface area contributed by atoms with Crippen molar-refractivity contribution in [2.75, 3.05) is 4.90 Å². The lowest BCUT2D eigenvalue weighted by Gasteiger charge is -2.26. The molecule has 4 amide bonds. The normalized spacial score (nSPS) is 15.0. The Labute approximate surface area is 209 Å². The van der Waals surface area contributed by atoms with Crippen LogP contribution in [0.15, 0.2) is 66.2 Å². The third kappa shape index (κ3) is 5.02. The van der Waals surface area contributed by atoms with Crippen molar-refractivity contribution in [1.29, 1.82) is 0 Å². The Bertz CT molecular complexity index is 1320. The zero-order valence-corrected chi connectivity index (χ0v) is 19.5. The topological polar surface area (TPSA) is 95.9 Å². The number of aromatic hydroxyl groups is 1. The zero-order chi connectivity index (χ0) is 24.4. The number of nitrogens with zero attached hydrogens (tertiary/aromatic N) is 1. The van der Waals surface area contributed by atoms with E-state index in [0.29, 0.717) is 10.6 Å². The molecule has 172 valence electrons. The van der Waals surface area contributed by atoms with Crippen LogP contribution in [0.25, 0.3) is 6.08 Å².